The summed E-state index contributed by atoms with van der Waals surface area (Å²) in [5, 5.41) is 11.7. The first-order chi connectivity index (χ1) is 11.0. The molecule has 6 nitrogen and oxygen atoms in total. The van der Waals surface area contributed by atoms with E-state index in [0.29, 0.717) is 18.5 Å². The average Bonchev–Trinajstić information content (AvgIpc) is 3.01. The molecule has 1 atom stereocenters. The van der Waals surface area contributed by atoms with Gasteiger partial charge in [0.1, 0.15) is 17.6 Å². The Bertz CT molecular complexity index is 682. The molecule has 1 amide bonds. The van der Waals surface area contributed by atoms with Gasteiger partial charge in [-0.1, -0.05) is 19.8 Å². The van der Waals surface area contributed by atoms with Crippen LogP contribution in [0.25, 0.3) is 5.69 Å². The molecule has 0 spiro atoms. The number of halogens is 1. The summed E-state index contributed by atoms with van der Waals surface area (Å²) in [7, 11) is 0. The van der Waals surface area contributed by atoms with Crippen molar-refractivity contribution >= 4 is 11.9 Å². The number of imidazole rings is 1. The number of unbranched alkanes of at least 4 members (excludes halogenated alkanes) is 1. The first kappa shape index (κ1) is 16.7. The van der Waals surface area contributed by atoms with Crippen molar-refractivity contribution in [3.63, 3.8) is 0 Å². The Morgan fingerprint density at radius 1 is 1.35 bits per heavy atom. The van der Waals surface area contributed by atoms with Crippen molar-refractivity contribution < 1.29 is 19.1 Å². The standard InChI is InChI=1S/C16H18FN3O3/c1-2-3-4-13(16(22)23)19-15(21)14-9-18-10-20(14)12-7-5-11(17)6-8-12/h5-10,13H,2-4H2,1H3,(H,19,21)(H,22,23)/t13-/m0/s1. The van der Waals surface area contributed by atoms with Crippen LogP contribution in [0.15, 0.2) is 36.8 Å². The average molecular weight is 319 g/mol. The fraction of sp³-hybridized carbons (Fsp3) is 0.312. The van der Waals surface area contributed by atoms with Crippen molar-refractivity contribution in [3.8, 4) is 5.69 Å². The molecular formula is C16H18FN3O3. The normalized spacial score (nSPS) is 11.9. The Hall–Kier alpha value is -2.70. The maximum absolute atomic E-state index is 13.0. The van der Waals surface area contributed by atoms with Gasteiger partial charge in [0, 0.05) is 5.69 Å². The lowest BCUT2D eigenvalue weighted by atomic mass is 10.1. The van der Waals surface area contributed by atoms with Crippen molar-refractivity contribution in [1.82, 2.24) is 14.9 Å². The SMILES string of the molecule is CCCC[C@H](NC(=O)c1cncn1-c1ccc(F)cc1)C(=O)O. The van der Waals surface area contributed by atoms with Crippen molar-refractivity contribution in [3.05, 3.63) is 48.3 Å². The van der Waals surface area contributed by atoms with Crippen LogP contribution in [0.3, 0.4) is 0 Å². The number of carboxylic acid groups (broad SMARTS) is 1. The van der Waals surface area contributed by atoms with Gasteiger partial charge in [0.2, 0.25) is 0 Å². The summed E-state index contributed by atoms with van der Waals surface area (Å²) in [4.78, 5) is 27.5. The smallest absolute Gasteiger partial charge is 0.326 e. The first-order valence-corrected chi connectivity index (χ1v) is 7.35. The summed E-state index contributed by atoms with van der Waals surface area (Å²) >= 11 is 0. The van der Waals surface area contributed by atoms with Gasteiger partial charge in [-0.2, -0.15) is 0 Å². The summed E-state index contributed by atoms with van der Waals surface area (Å²) in [5.41, 5.74) is 0.758. The van der Waals surface area contributed by atoms with E-state index in [1.807, 2.05) is 6.92 Å². The quantitative estimate of drug-likeness (QED) is 0.820. The van der Waals surface area contributed by atoms with E-state index in [1.165, 1.54) is 41.4 Å². The highest BCUT2D eigenvalue weighted by Crippen LogP contribution is 2.13. The van der Waals surface area contributed by atoms with Crippen LogP contribution in [0.4, 0.5) is 4.39 Å². The van der Waals surface area contributed by atoms with E-state index < -0.39 is 17.9 Å². The third-order valence-electron chi connectivity index (χ3n) is 3.43. The number of carbonyl (C=O) groups is 2. The molecule has 0 aliphatic rings. The summed E-state index contributed by atoms with van der Waals surface area (Å²) in [6, 6.07) is 4.63. The Morgan fingerprint density at radius 2 is 2.04 bits per heavy atom. The Labute approximate surface area is 133 Å². The number of amides is 1. The molecule has 1 aromatic heterocycles. The number of rotatable bonds is 7. The van der Waals surface area contributed by atoms with E-state index in [0.717, 1.165) is 6.42 Å². The number of aliphatic carboxylic acids is 1. The summed E-state index contributed by atoms with van der Waals surface area (Å²) in [6.45, 7) is 1.95. The fourth-order valence-corrected chi connectivity index (χ4v) is 2.17. The number of aromatic nitrogens is 2. The molecule has 23 heavy (non-hydrogen) atoms. The molecule has 0 aliphatic heterocycles. The van der Waals surface area contributed by atoms with Crippen LogP contribution in [-0.4, -0.2) is 32.6 Å². The van der Waals surface area contributed by atoms with Crippen molar-refractivity contribution in [2.24, 2.45) is 0 Å². The molecule has 1 heterocycles. The third-order valence-corrected chi connectivity index (χ3v) is 3.43. The molecule has 0 unspecified atom stereocenters. The van der Waals surface area contributed by atoms with Crippen molar-refractivity contribution in [2.75, 3.05) is 0 Å². The fourth-order valence-electron chi connectivity index (χ4n) is 2.17. The van der Waals surface area contributed by atoms with Gasteiger partial charge in [-0.25, -0.2) is 14.2 Å². The molecule has 0 aliphatic carbocycles. The van der Waals surface area contributed by atoms with Crippen LogP contribution in [0.1, 0.15) is 36.7 Å². The second-order valence-corrected chi connectivity index (χ2v) is 5.13. The second-order valence-electron chi connectivity index (χ2n) is 5.13. The Balaban J connectivity index is 2.18. The summed E-state index contributed by atoms with van der Waals surface area (Å²) in [6.07, 6.45) is 4.67. The minimum absolute atomic E-state index is 0.194. The van der Waals surface area contributed by atoms with Crippen LogP contribution >= 0.6 is 0 Å². The van der Waals surface area contributed by atoms with Gasteiger partial charge in [0.25, 0.3) is 5.91 Å². The summed E-state index contributed by atoms with van der Waals surface area (Å²) in [5.74, 6) is -1.99. The molecule has 0 fully saturated rings. The zero-order valence-corrected chi connectivity index (χ0v) is 12.7. The van der Waals surface area contributed by atoms with Gasteiger partial charge < -0.3 is 10.4 Å². The largest absolute Gasteiger partial charge is 0.480 e. The highest BCUT2D eigenvalue weighted by molar-refractivity contribution is 5.95. The molecule has 0 saturated heterocycles. The van der Waals surface area contributed by atoms with E-state index in [4.69, 9.17) is 0 Å². The lowest BCUT2D eigenvalue weighted by molar-refractivity contribution is -0.139. The lowest BCUT2D eigenvalue weighted by Gasteiger charge is -2.15. The monoisotopic (exact) mass is 319 g/mol. The molecule has 2 rings (SSSR count). The van der Waals surface area contributed by atoms with Crippen LogP contribution in [-0.2, 0) is 4.79 Å². The number of nitrogens with one attached hydrogen (secondary N) is 1. The Kier molecular flexibility index (Phi) is 5.46. The van der Waals surface area contributed by atoms with Gasteiger partial charge in [0.05, 0.1) is 12.5 Å². The molecule has 2 N–H and O–H groups in total. The van der Waals surface area contributed by atoms with E-state index >= 15 is 0 Å². The minimum Gasteiger partial charge on any atom is -0.480 e. The second kappa shape index (κ2) is 7.53. The molecule has 0 radical (unpaired) electrons. The maximum atomic E-state index is 13.0. The molecular weight excluding hydrogens is 301 g/mol. The number of hydrogen-bond donors (Lipinski definition) is 2. The number of hydrogen-bond acceptors (Lipinski definition) is 3. The van der Waals surface area contributed by atoms with Crippen LogP contribution in [0, 0.1) is 5.82 Å². The van der Waals surface area contributed by atoms with E-state index in [1.54, 1.807) is 0 Å². The zero-order chi connectivity index (χ0) is 16.8. The predicted octanol–water partition coefficient (Wildman–Crippen LogP) is 2.38. The van der Waals surface area contributed by atoms with Gasteiger partial charge in [-0.05, 0) is 30.7 Å². The number of carboxylic acids is 1. The minimum atomic E-state index is -1.07. The molecule has 1 aromatic carbocycles. The highest BCUT2D eigenvalue weighted by atomic mass is 19.1. The van der Waals surface area contributed by atoms with Gasteiger partial charge >= 0.3 is 5.97 Å². The topological polar surface area (TPSA) is 84.2 Å². The van der Waals surface area contributed by atoms with Crippen molar-refractivity contribution in [1.29, 1.82) is 0 Å². The highest BCUT2D eigenvalue weighted by Gasteiger charge is 2.22. The van der Waals surface area contributed by atoms with Crippen LogP contribution in [0.5, 0.6) is 0 Å². The third kappa shape index (κ3) is 4.15. The molecule has 0 saturated carbocycles. The molecule has 0 bridgehead atoms. The maximum Gasteiger partial charge on any atom is 0.326 e. The lowest BCUT2D eigenvalue weighted by Crippen LogP contribution is -2.41. The molecule has 2 aromatic rings. The van der Waals surface area contributed by atoms with E-state index in [2.05, 4.69) is 10.3 Å². The number of benzene rings is 1. The Morgan fingerprint density at radius 3 is 2.65 bits per heavy atom. The van der Waals surface area contributed by atoms with Gasteiger partial charge in [-0.3, -0.25) is 9.36 Å². The van der Waals surface area contributed by atoms with Crippen LogP contribution in [0.2, 0.25) is 0 Å². The molecule has 122 valence electrons. The number of carbonyl (C=O) groups excluding carboxylic acids is 1. The van der Waals surface area contributed by atoms with Crippen LogP contribution < -0.4 is 5.32 Å². The van der Waals surface area contributed by atoms with E-state index in [-0.39, 0.29) is 11.5 Å². The first-order valence-electron chi connectivity index (χ1n) is 7.35. The summed E-state index contributed by atoms with van der Waals surface area (Å²) < 4.78 is 14.5. The molecule has 7 heteroatoms. The van der Waals surface area contributed by atoms with Crippen molar-refractivity contribution in [2.45, 2.75) is 32.2 Å². The van der Waals surface area contributed by atoms with E-state index in [9.17, 15) is 19.1 Å². The van der Waals surface area contributed by atoms with Gasteiger partial charge in [0.15, 0.2) is 0 Å². The zero-order valence-electron chi connectivity index (χ0n) is 12.7. The predicted molar refractivity (Wildman–Crippen MR) is 81.9 cm³/mol. The number of nitrogens with zero attached hydrogens (tertiary/aromatic N) is 2. The van der Waals surface area contributed by atoms with Gasteiger partial charge in [-0.15, -0.1) is 0 Å².